The van der Waals surface area contributed by atoms with E-state index in [2.05, 4.69) is 11.3 Å². The molecule has 0 aromatic carbocycles. The Balaban J connectivity index is 3.79. The minimum absolute atomic E-state index is 0.789. The molecule has 0 bridgehead atoms. The molecule has 0 amide bonds. The van der Waals surface area contributed by atoms with Crippen molar-refractivity contribution >= 4 is 11.9 Å². The molecule has 54 valence electrons. The van der Waals surface area contributed by atoms with Crippen LogP contribution in [0.3, 0.4) is 0 Å². The van der Waals surface area contributed by atoms with Crippen molar-refractivity contribution in [3.63, 3.8) is 0 Å². The highest BCUT2D eigenvalue weighted by Gasteiger charge is 2.00. The molecular weight excluding hydrogens is 134 g/mol. The highest BCUT2D eigenvalue weighted by molar-refractivity contribution is 5.96. The molecule has 0 radical (unpaired) electrons. The molecule has 0 aromatic rings. The van der Waals surface area contributed by atoms with Gasteiger partial charge in [-0.15, -0.1) is 0 Å². The minimum atomic E-state index is -0.799. The van der Waals surface area contributed by atoms with Crippen LogP contribution in [-0.2, 0) is 14.3 Å². The van der Waals surface area contributed by atoms with E-state index < -0.39 is 11.9 Å². The van der Waals surface area contributed by atoms with Crippen LogP contribution in [0.15, 0.2) is 24.9 Å². The molecule has 2 N–H and O–H groups in total. The Morgan fingerprint density at radius 2 is 2.00 bits per heavy atom. The zero-order valence-electron chi connectivity index (χ0n) is 5.24. The summed E-state index contributed by atoms with van der Waals surface area (Å²) in [6, 6.07) is 0. The zero-order valence-corrected chi connectivity index (χ0v) is 5.24. The second-order valence-corrected chi connectivity index (χ2v) is 1.30. The Labute approximate surface area is 58.0 Å². The predicted octanol–water partition coefficient (Wildman–Crippen LogP) is -0.285. The van der Waals surface area contributed by atoms with E-state index in [0.29, 0.717) is 0 Å². The lowest BCUT2D eigenvalue weighted by molar-refractivity contribution is -0.152. The molecule has 0 aliphatic carbocycles. The second kappa shape index (κ2) is 4.31. The van der Waals surface area contributed by atoms with Gasteiger partial charge >= 0.3 is 11.9 Å². The number of carbonyl (C=O) groups excluding carboxylic acids is 2. The highest BCUT2D eigenvalue weighted by Crippen LogP contribution is 1.81. The molecule has 0 atom stereocenters. The van der Waals surface area contributed by atoms with Gasteiger partial charge in [0, 0.05) is 18.4 Å². The van der Waals surface area contributed by atoms with Crippen molar-refractivity contribution in [2.24, 2.45) is 5.73 Å². The van der Waals surface area contributed by atoms with Crippen molar-refractivity contribution in [1.29, 1.82) is 0 Å². The van der Waals surface area contributed by atoms with Crippen LogP contribution in [0.2, 0.25) is 0 Å². The summed E-state index contributed by atoms with van der Waals surface area (Å²) in [7, 11) is 0. The maximum absolute atomic E-state index is 10.4. The van der Waals surface area contributed by atoms with Gasteiger partial charge in [0.2, 0.25) is 0 Å². The first kappa shape index (κ1) is 8.42. The van der Waals surface area contributed by atoms with E-state index in [0.717, 1.165) is 18.4 Å². The van der Waals surface area contributed by atoms with E-state index >= 15 is 0 Å². The van der Waals surface area contributed by atoms with Crippen LogP contribution < -0.4 is 5.73 Å². The van der Waals surface area contributed by atoms with Crippen LogP contribution in [0.25, 0.3) is 0 Å². The smallest absolute Gasteiger partial charge is 0.340 e. The molecule has 0 aliphatic heterocycles. The molecule has 0 fully saturated rings. The summed E-state index contributed by atoms with van der Waals surface area (Å²) >= 11 is 0. The SMILES string of the molecule is C=CC(=O)OC(=O)C=CN. The topological polar surface area (TPSA) is 69.4 Å². The van der Waals surface area contributed by atoms with E-state index in [1.807, 2.05) is 0 Å². The molecule has 0 spiro atoms. The molecule has 0 heterocycles. The second-order valence-electron chi connectivity index (χ2n) is 1.30. The van der Waals surface area contributed by atoms with Crippen molar-refractivity contribution < 1.29 is 14.3 Å². The number of nitrogens with two attached hydrogens (primary N) is 1. The lowest BCUT2D eigenvalue weighted by Gasteiger charge is -1.91. The fourth-order valence-electron chi connectivity index (χ4n) is 0.253. The van der Waals surface area contributed by atoms with Crippen LogP contribution in [-0.4, -0.2) is 11.9 Å². The largest absolute Gasteiger partial charge is 0.404 e. The summed E-state index contributed by atoms with van der Waals surface area (Å²) in [5.74, 6) is -1.59. The Hall–Kier alpha value is -1.58. The monoisotopic (exact) mass is 141 g/mol. The molecule has 4 nitrogen and oxygen atoms in total. The van der Waals surface area contributed by atoms with Gasteiger partial charge in [-0.25, -0.2) is 9.59 Å². The Bertz CT molecular complexity index is 183. The van der Waals surface area contributed by atoms with Gasteiger partial charge < -0.3 is 10.5 Å². The summed E-state index contributed by atoms with van der Waals surface area (Å²) in [5.41, 5.74) is 4.83. The van der Waals surface area contributed by atoms with Crippen LogP contribution in [0.5, 0.6) is 0 Å². The summed E-state index contributed by atoms with van der Waals surface area (Å²) in [6.45, 7) is 3.09. The number of ether oxygens (including phenoxy) is 1. The van der Waals surface area contributed by atoms with Gasteiger partial charge in [-0.2, -0.15) is 0 Å². The third-order valence-electron chi connectivity index (χ3n) is 0.600. The van der Waals surface area contributed by atoms with Crippen LogP contribution in [0, 0.1) is 0 Å². The third-order valence-corrected chi connectivity index (χ3v) is 0.600. The van der Waals surface area contributed by atoms with E-state index in [9.17, 15) is 9.59 Å². The third kappa shape index (κ3) is 3.43. The molecule has 0 rings (SSSR count). The molecule has 0 saturated carbocycles. The Morgan fingerprint density at radius 1 is 1.40 bits per heavy atom. The van der Waals surface area contributed by atoms with Crippen molar-refractivity contribution in [2.75, 3.05) is 0 Å². The predicted molar refractivity (Wildman–Crippen MR) is 34.6 cm³/mol. The Morgan fingerprint density at radius 3 is 2.40 bits per heavy atom. The quantitative estimate of drug-likeness (QED) is 0.326. The van der Waals surface area contributed by atoms with Crippen molar-refractivity contribution in [2.45, 2.75) is 0 Å². The molecule has 0 aromatic heterocycles. The number of hydrogen-bond acceptors (Lipinski definition) is 4. The minimum Gasteiger partial charge on any atom is -0.404 e. The van der Waals surface area contributed by atoms with E-state index in [4.69, 9.17) is 5.73 Å². The van der Waals surface area contributed by atoms with Crippen molar-refractivity contribution in [3.8, 4) is 0 Å². The molecule has 4 heteroatoms. The van der Waals surface area contributed by atoms with Gasteiger partial charge in [-0.3, -0.25) is 0 Å². The maximum atomic E-state index is 10.4. The standard InChI is InChI=1S/C6H7NO3/c1-2-5(8)10-6(9)3-4-7/h2-4H,1,7H2. The first-order valence-corrected chi connectivity index (χ1v) is 2.47. The summed E-state index contributed by atoms with van der Waals surface area (Å²) in [5, 5.41) is 0. The molecular formula is C6H7NO3. The van der Waals surface area contributed by atoms with Gasteiger partial charge in [0.05, 0.1) is 0 Å². The Kier molecular flexibility index (Phi) is 3.63. The lowest BCUT2D eigenvalue weighted by atomic mass is 10.6. The summed E-state index contributed by atoms with van der Waals surface area (Å²) in [6.07, 6.45) is 2.81. The molecule has 0 unspecified atom stereocenters. The fraction of sp³-hybridized carbons (Fsp3) is 0. The van der Waals surface area contributed by atoms with Gasteiger partial charge in [0.15, 0.2) is 0 Å². The highest BCUT2D eigenvalue weighted by atomic mass is 16.6. The van der Waals surface area contributed by atoms with Gasteiger partial charge in [0.1, 0.15) is 0 Å². The number of rotatable bonds is 2. The number of carbonyl (C=O) groups is 2. The van der Waals surface area contributed by atoms with Gasteiger partial charge in [-0.1, -0.05) is 6.58 Å². The maximum Gasteiger partial charge on any atom is 0.340 e. The lowest BCUT2D eigenvalue weighted by Crippen LogP contribution is -2.06. The van der Waals surface area contributed by atoms with Crippen molar-refractivity contribution in [3.05, 3.63) is 24.9 Å². The number of hydrogen-bond donors (Lipinski definition) is 1. The molecule has 0 aliphatic rings. The fourth-order valence-corrected chi connectivity index (χ4v) is 0.253. The van der Waals surface area contributed by atoms with Crippen LogP contribution in [0.1, 0.15) is 0 Å². The van der Waals surface area contributed by atoms with E-state index in [-0.39, 0.29) is 0 Å². The van der Waals surface area contributed by atoms with Crippen LogP contribution in [0.4, 0.5) is 0 Å². The van der Waals surface area contributed by atoms with E-state index in [1.165, 1.54) is 0 Å². The van der Waals surface area contributed by atoms with Crippen LogP contribution >= 0.6 is 0 Å². The first-order valence-electron chi connectivity index (χ1n) is 2.47. The summed E-state index contributed by atoms with van der Waals surface area (Å²) < 4.78 is 4.08. The number of esters is 2. The normalized spacial score (nSPS) is 9.20. The van der Waals surface area contributed by atoms with Crippen molar-refractivity contribution in [1.82, 2.24) is 0 Å². The average Bonchev–Trinajstić information content (AvgIpc) is 1.88. The van der Waals surface area contributed by atoms with Gasteiger partial charge in [-0.05, 0) is 0 Å². The zero-order chi connectivity index (χ0) is 7.98. The molecule has 0 saturated heterocycles. The summed E-state index contributed by atoms with van der Waals surface area (Å²) in [4.78, 5) is 20.6. The van der Waals surface area contributed by atoms with Gasteiger partial charge in [0.25, 0.3) is 0 Å². The molecule has 10 heavy (non-hydrogen) atoms. The first-order chi connectivity index (χ1) is 4.70. The average molecular weight is 141 g/mol. The van der Waals surface area contributed by atoms with E-state index in [1.54, 1.807) is 0 Å².